The van der Waals surface area contributed by atoms with E-state index in [9.17, 15) is 13.2 Å². The Labute approximate surface area is 208 Å². The molecule has 0 spiro atoms. The van der Waals surface area contributed by atoms with Gasteiger partial charge >= 0.3 is 0 Å². The molecule has 0 aliphatic heterocycles. The smallest absolute Gasteiger partial charge is 0.255 e. The lowest BCUT2D eigenvalue weighted by Gasteiger charge is -2.20. The van der Waals surface area contributed by atoms with Crippen LogP contribution in [0.15, 0.2) is 65.6 Å². The summed E-state index contributed by atoms with van der Waals surface area (Å²) in [5.74, 6) is 0.0553. The summed E-state index contributed by atoms with van der Waals surface area (Å²) in [6, 6.07) is 15.6. The van der Waals surface area contributed by atoms with Gasteiger partial charge < -0.3 is 10.1 Å². The number of benzene rings is 3. The number of amides is 1. The number of hydrogen-bond acceptors (Lipinski definition) is 4. The molecule has 0 fully saturated rings. The van der Waals surface area contributed by atoms with Crippen molar-refractivity contribution in [3.05, 3.63) is 86.9 Å². The summed E-state index contributed by atoms with van der Waals surface area (Å²) in [5, 5.41) is 3.70. The zero-order valence-electron chi connectivity index (χ0n) is 17.8. The fourth-order valence-electron chi connectivity index (χ4n) is 3.05. The number of hydrogen-bond donors (Lipinski definition) is 1. The third-order valence-corrected chi connectivity index (χ3v) is 7.63. The van der Waals surface area contributed by atoms with Gasteiger partial charge in [0.2, 0.25) is 10.0 Å². The van der Waals surface area contributed by atoms with Gasteiger partial charge in [0, 0.05) is 29.7 Å². The lowest BCUT2D eigenvalue weighted by atomic mass is 10.1. The Morgan fingerprint density at radius 2 is 1.73 bits per heavy atom. The molecule has 1 N–H and O–H groups in total. The first-order valence-corrected chi connectivity index (χ1v) is 12.4. The van der Waals surface area contributed by atoms with E-state index in [1.807, 2.05) is 6.92 Å². The summed E-state index contributed by atoms with van der Waals surface area (Å²) in [5.41, 5.74) is 1.20. The average molecular weight is 528 g/mol. The minimum Gasteiger partial charge on any atom is -0.494 e. The number of carbonyl (C=O) groups excluding carboxylic acids is 1. The van der Waals surface area contributed by atoms with Gasteiger partial charge in [-0.15, -0.1) is 0 Å². The number of sulfonamides is 1. The maximum atomic E-state index is 13.0. The van der Waals surface area contributed by atoms with E-state index in [2.05, 4.69) is 5.32 Å². The van der Waals surface area contributed by atoms with E-state index in [0.29, 0.717) is 39.2 Å². The van der Waals surface area contributed by atoms with Gasteiger partial charge in [0.05, 0.1) is 27.2 Å². The van der Waals surface area contributed by atoms with Gasteiger partial charge in [0.1, 0.15) is 5.75 Å². The van der Waals surface area contributed by atoms with E-state index in [1.165, 1.54) is 35.6 Å². The van der Waals surface area contributed by atoms with Crippen LogP contribution in [0.2, 0.25) is 15.1 Å². The summed E-state index contributed by atoms with van der Waals surface area (Å²) in [6.45, 7) is 2.18. The van der Waals surface area contributed by atoms with Crippen LogP contribution in [0.4, 0.5) is 5.69 Å². The Balaban J connectivity index is 1.89. The third-order valence-electron chi connectivity index (χ3n) is 4.74. The monoisotopic (exact) mass is 526 g/mol. The summed E-state index contributed by atoms with van der Waals surface area (Å²) >= 11 is 18.0. The first-order chi connectivity index (χ1) is 15.6. The maximum absolute atomic E-state index is 13.0. The molecule has 3 aromatic carbocycles. The van der Waals surface area contributed by atoms with Crippen LogP contribution in [0.3, 0.4) is 0 Å². The van der Waals surface area contributed by atoms with Gasteiger partial charge in [0.25, 0.3) is 5.91 Å². The summed E-state index contributed by atoms with van der Waals surface area (Å²) in [7, 11) is -2.33. The average Bonchev–Trinajstić information content (AvgIpc) is 2.78. The van der Waals surface area contributed by atoms with Crippen LogP contribution >= 0.6 is 34.8 Å². The van der Waals surface area contributed by atoms with Gasteiger partial charge in [-0.1, -0.05) is 40.9 Å². The molecule has 0 heterocycles. The highest BCUT2D eigenvalue weighted by molar-refractivity contribution is 7.89. The normalized spacial score (nSPS) is 11.5. The minimum absolute atomic E-state index is 0.0145. The molecule has 0 bridgehead atoms. The van der Waals surface area contributed by atoms with E-state index in [4.69, 9.17) is 39.5 Å². The van der Waals surface area contributed by atoms with Crippen molar-refractivity contribution in [2.24, 2.45) is 0 Å². The number of anilines is 1. The highest BCUT2D eigenvalue weighted by Gasteiger charge is 2.23. The molecule has 0 saturated heterocycles. The quantitative estimate of drug-likeness (QED) is 0.383. The molecule has 1 amide bonds. The summed E-state index contributed by atoms with van der Waals surface area (Å²) < 4.78 is 32.8. The largest absolute Gasteiger partial charge is 0.494 e. The first-order valence-electron chi connectivity index (χ1n) is 9.86. The zero-order chi connectivity index (χ0) is 24.2. The van der Waals surface area contributed by atoms with Crippen molar-refractivity contribution in [1.29, 1.82) is 0 Å². The van der Waals surface area contributed by atoms with Crippen molar-refractivity contribution in [3.63, 3.8) is 0 Å². The van der Waals surface area contributed by atoms with Crippen LogP contribution in [0.5, 0.6) is 5.75 Å². The SMILES string of the molecule is CCOc1ccc(C(=O)Nc2cccc(Cl)c2Cl)cc1CN(C)S(=O)(=O)c1ccc(Cl)cc1. The second kappa shape index (κ2) is 10.8. The fraction of sp³-hybridized carbons (Fsp3) is 0.174. The number of carbonyl (C=O) groups is 1. The topological polar surface area (TPSA) is 75.7 Å². The molecular weight excluding hydrogens is 507 g/mol. The molecule has 0 radical (unpaired) electrons. The molecule has 3 aromatic rings. The van der Waals surface area contributed by atoms with E-state index < -0.39 is 15.9 Å². The number of halogens is 3. The zero-order valence-corrected chi connectivity index (χ0v) is 20.9. The second-order valence-electron chi connectivity index (χ2n) is 7.03. The predicted octanol–water partition coefficient (Wildman–Crippen LogP) is 6.12. The second-order valence-corrected chi connectivity index (χ2v) is 10.3. The van der Waals surface area contributed by atoms with Crippen molar-refractivity contribution < 1.29 is 17.9 Å². The van der Waals surface area contributed by atoms with Gasteiger partial charge in [0.15, 0.2) is 0 Å². The fourth-order valence-corrected chi connectivity index (χ4v) is 4.67. The van der Waals surface area contributed by atoms with Crippen LogP contribution in [-0.4, -0.2) is 32.3 Å². The van der Waals surface area contributed by atoms with Crippen molar-refractivity contribution in [3.8, 4) is 5.75 Å². The molecule has 0 aliphatic carbocycles. The van der Waals surface area contributed by atoms with Crippen LogP contribution < -0.4 is 10.1 Å². The molecular formula is C23H21Cl3N2O4S. The standard InChI is InChI=1S/C23H21Cl3N2O4S/c1-3-32-21-12-7-15(23(29)27-20-6-4-5-19(25)22(20)26)13-16(21)14-28(2)33(30,31)18-10-8-17(24)9-11-18/h4-13H,3,14H2,1-2H3,(H,27,29). The molecule has 10 heteroatoms. The molecule has 0 saturated carbocycles. The first kappa shape index (κ1) is 25.3. The van der Waals surface area contributed by atoms with E-state index in [0.717, 1.165) is 0 Å². The lowest BCUT2D eigenvalue weighted by Crippen LogP contribution is -2.27. The Hall–Kier alpha value is -2.29. The van der Waals surface area contributed by atoms with E-state index in [-0.39, 0.29) is 16.5 Å². The predicted molar refractivity (Wildman–Crippen MR) is 132 cm³/mol. The minimum atomic E-state index is -3.79. The number of nitrogens with zero attached hydrogens (tertiary/aromatic N) is 1. The van der Waals surface area contributed by atoms with Crippen LogP contribution in [0.1, 0.15) is 22.8 Å². The Kier molecular flexibility index (Phi) is 8.26. The van der Waals surface area contributed by atoms with Gasteiger partial charge in [-0.25, -0.2) is 8.42 Å². The molecule has 0 atom stereocenters. The number of nitrogens with one attached hydrogen (secondary N) is 1. The molecule has 0 aromatic heterocycles. The molecule has 6 nitrogen and oxygen atoms in total. The number of ether oxygens (including phenoxy) is 1. The maximum Gasteiger partial charge on any atom is 0.255 e. The van der Waals surface area contributed by atoms with E-state index >= 15 is 0 Å². The highest BCUT2D eigenvalue weighted by Crippen LogP contribution is 2.30. The third kappa shape index (κ3) is 5.99. The molecule has 0 aliphatic rings. The highest BCUT2D eigenvalue weighted by atomic mass is 35.5. The van der Waals surface area contributed by atoms with Gasteiger partial charge in [-0.3, -0.25) is 4.79 Å². The van der Waals surface area contributed by atoms with Gasteiger partial charge in [-0.2, -0.15) is 4.31 Å². The van der Waals surface area contributed by atoms with E-state index in [1.54, 1.807) is 36.4 Å². The molecule has 174 valence electrons. The summed E-state index contributed by atoms with van der Waals surface area (Å²) in [6.07, 6.45) is 0. The lowest BCUT2D eigenvalue weighted by molar-refractivity contribution is 0.102. The Morgan fingerprint density at radius 1 is 1.03 bits per heavy atom. The van der Waals surface area contributed by atoms with Crippen LogP contribution in [0, 0.1) is 0 Å². The van der Waals surface area contributed by atoms with Crippen LogP contribution in [0.25, 0.3) is 0 Å². The van der Waals surface area contributed by atoms with Crippen molar-refractivity contribution in [2.45, 2.75) is 18.4 Å². The van der Waals surface area contributed by atoms with Crippen molar-refractivity contribution in [2.75, 3.05) is 19.0 Å². The number of rotatable bonds is 8. The summed E-state index contributed by atoms with van der Waals surface area (Å²) in [4.78, 5) is 12.9. The Bertz CT molecular complexity index is 1270. The van der Waals surface area contributed by atoms with Crippen LogP contribution in [-0.2, 0) is 16.6 Å². The van der Waals surface area contributed by atoms with Crippen molar-refractivity contribution in [1.82, 2.24) is 4.31 Å². The molecule has 33 heavy (non-hydrogen) atoms. The van der Waals surface area contributed by atoms with Gasteiger partial charge in [-0.05, 0) is 61.5 Å². The molecule has 0 unspecified atom stereocenters. The van der Waals surface area contributed by atoms with Crippen molar-refractivity contribution >= 4 is 56.4 Å². The molecule has 3 rings (SSSR count). The Morgan fingerprint density at radius 3 is 2.39 bits per heavy atom.